The van der Waals surface area contributed by atoms with Crippen LogP contribution in [0.3, 0.4) is 0 Å². The number of carboxylic acids is 1. The van der Waals surface area contributed by atoms with E-state index >= 15 is 0 Å². The molecule has 0 fully saturated rings. The number of carbonyl (C=O) groups is 1. The highest BCUT2D eigenvalue weighted by atomic mass is 16.5. The Balaban J connectivity index is 1.52. The number of aryl methyl sites for hydroxylation is 2. The summed E-state index contributed by atoms with van der Waals surface area (Å²) in [4.78, 5) is 14.0. The first-order valence-corrected chi connectivity index (χ1v) is 13.6. The molecular weight excluding hydrogens is 518 g/mol. The molecule has 41 heavy (non-hydrogen) atoms. The van der Waals surface area contributed by atoms with Crippen LogP contribution < -0.4 is 18.9 Å². The van der Waals surface area contributed by atoms with Gasteiger partial charge in [-0.3, -0.25) is 4.90 Å². The number of benzene rings is 4. The molecule has 0 aliphatic carbocycles. The van der Waals surface area contributed by atoms with Crippen molar-refractivity contribution in [1.82, 2.24) is 4.90 Å². The van der Waals surface area contributed by atoms with Gasteiger partial charge in [0.1, 0.15) is 17.1 Å². The predicted octanol–water partition coefficient (Wildman–Crippen LogP) is 7.15. The third-order valence-corrected chi connectivity index (χ3v) is 6.84. The Labute approximate surface area is 241 Å². The standard InChI is InChI=1S/C34H37NO6/c1-24-12-17-29(34(36)37)30(19-24)41-28-15-13-26(14-16-28)22-35(18-8-11-25-9-6-5-7-10-25)23-27-20-31(38-2)33(40-4)32(21-27)39-3/h5-7,9-10,12-17,19-21H,8,11,18,22-23H2,1-4H3,(H,36,37). The number of nitrogens with zero attached hydrogens (tertiary/aromatic N) is 1. The van der Waals surface area contributed by atoms with Gasteiger partial charge in [-0.05, 0) is 85.0 Å². The van der Waals surface area contributed by atoms with E-state index in [0.29, 0.717) is 35.3 Å². The number of rotatable bonds is 14. The number of hydrogen-bond acceptors (Lipinski definition) is 6. The second kappa shape index (κ2) is 14.2. The van der Waals surface area contributed by atoms with Crippen LogP contribution in [-0.4, -0.2) is 43.8 Å². The summed E-state index contributed by atoms with van der Waals surface area (Å²) in [5, 5.41) is 9.53. The quantitative estimate of drug-likeness (QED) is 0.177. The van der Waals surface area contributed by atoms with Gasteiger partial charge < -0.3 is 24.1 Å². The van der Waals surface area contributed by atoms with E-state index in [1.54, 1.807) is 39.5 Å². The molecule has 0 aliphatic heterocycles. The topological polar surface area (TPSA) is 77.5 Å². The molecule has 0 radical (unpaired) electrons. The first-order valence-electron chi connectivity index (χ1n) is 13.6. The molecule has 0 heterocycles. The van der Waals surface area contributed by atoms with Gasteiger partial charge in [0.25, 0.3) is 0 Å². The van der Waals surface area contributed by atoms with Gasteiger partial charge in [-0.1, -0.05) is 48.5 Å². The molecule has 0 bridgehead atoms. The molecule has 4 aromatic carbocycles. The zero-order valence-electron chi connectivity index (χ0n) is 24.1. The van der Waals surface area contributed by atoms with E-state index in [9.17, 15) is 9.90 Å². The van der Waals surface area contributed by atoms with Crippen LogP contribution in [0.15, 0.2) is 84.9 Å². The molecule has 4 aromatic rings. The Bertz CT molecular complexity index is 1410. The van der Waals surface area contributed by atoms with Gasteiger partial charge in [0.2, 0.25) is 5.75 Å². The van der Waals surface area contributed by atoms with Crippen LogP contribution in [-0.2, 0) is 19.5 Å². The fourth-order valence-electron chi connectivity index (χ4n) is 4.79. The molecule has 7 heteroatoms. The smallest absolute Gasteiger partial charge is 0.339 e. The fraction of sp³-hybridized carbons (Fsp3) is 0.265. The van der Waals surface area contributed by atoms with Gasteiger partial charge >= 0.3 is 5.97 Å². The molecule has 0 aliphatic rings. The number of aromatic carboxylic acids is 1. The predicted molar refractivity (Wildman–Crippen MR) is 160 cm³/mol. The molecule has 0 saturated carbocycles. The first-order chi connectivity index (χ1) is 19.9. The van der Waals surface area contributed by atoms with E-state index in [2.05, 4.69) is 29.2 Å². The summed E-state index contributed by atoms with van der Waals surface area (Å²) in [6.45, 7) is 4.20. The van der Waals surface area contributed by atoms with Crippen molar-refractivity contribution in [3.05, 3.63) is 113 Å². The number of ether oxygens (including phenoxy) is 4. The van der Waals surface area contributed by atoms with Crippen LogP contribution >= 0.6 is 0 Å². The Kier molecular flexibility index (Phi) is 10.2. The summed E-state index contributed by atoms with van der Waals surface area (Å²) < 4.78 is 22.6. The lowest BCUT2D eigenvalue weighted by molar-refractivity contribution is 0.0694. The zero-order chi connectivity index (χ0) is 29.2. The maximum absolute atomic E-state index is 11.6. The van der Waals surface area contributed by atoms with Gasteiger partial charge in [0.05, 0.1) is 21.3 Å². The Hall–Kier alpha value is -4.49. The molecule has 0 unspecified atom stereocenters. The van der Waals surface area contributed by atoms with Crippen molar-refractivity contribution in [3.8, 4) is 28.7 Å². The fourth-order valence-corrected chi connectivity index (χ4v) is 4.79. The van der Waals surface area contributed by atoms with Crippen LogP contribution in [0.5, 0.6) is 28.7 Å². The van der Waals surface area contributed by atoms with E-state index in [0.717, 1.165) is 42.6 Å². The molecular formula is C34H37NO6. The van der Waals surface area contributed by atoms with E-state index in [1.165, 1.54) is 5.56 Å². The van der Waals surface area contributed by atoms with Crippen LogP contribution in [0.25, 0.3) is 0 Å². The second-order valence-corrected chi connectivity index (χ2v) is 9.88. The molecule has 1 N–H and O–H groups in total. The van der Waals surface area contributed by atoms with Gasteiger partial charge in [0, 0.05) is 13.1 Å². The van der Waals surface area contributed by atoms with Gasteiger partial charge in [-0.25, -0.2) is 4.79 Å². The first kappa shape index (κ1) is 29.5. The number of methoxy groups -OCH3 is 3. The van der Waals surface area contributed by atoms with Crippen molar-refractivity contribution < 1.29 is 28.8 Å². The van der Waals surface area contributed by atoms with Crippen LogP contribution in [0.2, 0.25) is 0 Å². The summed E-state index contributed by atoms with van der Waals surface area (Å²) in [7, 11) is 4.85. The van der Waals surface area contributed by atoms with Crippen molar-refractivity contribution >= 4 is 5.97 Å². The average molecular weight is 556 g/mol. The zero-order valence-corrected chi connectivity index (χ0v) is 24.1. The van der Waals surface area contributed by atoms with E-state index in [-0.39, 0.29) is 5.56 Å². The molecule has 214 valence electrons. The highest BCUT2D eigenvalue weighted by molar-refractivity contribution is 5.91. The third-order valence-electron chi connectivity index (χ3n) is 6.84. The SMILES string of the molecule is COc1cc(CN(CCCc2ccccc2)Cc2ccc(Oc3cc(C)ccc3C(=O)O)cc2)cc(OC)c1OC. The highest BCUT2D eigenvalue weighted by Crippen LogP contribution is 2.38. The van der Waals surface area contributed by atoms with E-state index < -0.39 is 5.97 Å². The van der Waals surface area contributed by atoms with Gasteiger partial charge in [-0.2, -0.15) is 0 Å². The van der Waals surface area contributed by atoms with Gasteiger partial charge in [-0.15, -0.1) is 0 Å². The maximum atomic E-state index is 11.6. The molecule has 0 atom stereocenters. The highest BCUT2D eigenvalue weighted by Gasteiger charge is 2.16. The lowest BCUT2D eigenvalue weighted by Crippen LogP contribution is -2.24. The third kappa shape index (κ3) is 8.02. The van der Waals surface area contributed by atoms with Crippen molar-refractivity contribution in [2.45, 2.75) is 32.9 Å². The van der Waals surface area contributed by atoms with Crippen molar-refractivity contribution in [3.63, 3.8) is 0 Å². The van der Waals surface area contributed by atoms with E-state index in [4.69, 9.17) is 18.9 Å². The van der Waals surface area contributed by atoms with Crippen LogP contribution in [0.4, 0.5) is 0 Å². The molecule has 0 saturated heterocycles. The lowest BCUT2D eigenvalue weighted by atomic mass is 10.1. The molecule has 7 nitrogen and oxygen atoms in total. The summed E-state index contributed by atoms with van der Waals surface area (Å²) in [6.07, 6.45) is 1.99. The summed E-state index contributed by atoms with van der Waals surface area (Å²) in [5.74, 6) is 1.73. The minimum Gasteiger partial charge on any atom is -0.493 e. The largest absolute Gasteiger partial charge is 0.493 e. The Morgan fingerprint density at radius 1 is 0.732 bits per heavy atom. The summed E-state index contributed by atoms with van der Waals surface area (Å²) >= 11 is 0. The minimum atomic E-state index is -1.02. The van der Waals surface area contributed by atoms with Gasteiger partial charge in [0.15, 0.2) is 11.5 Å². The Morgan fingerprint density at radius 3 is 2.00 bits per heavy atom. The molecule has 4 rings (SSSR count). The van der Waals surface area contributed by atoms with Crippen LogP contribution in [0.1, 0.15) is 39.0 Å². The number of hydrogen-bond donors (Lipinski definition) is 1. The summed E-state index contributed by atoms with van der Waals surface area (Å²) in [5.41, 5.74) is 4.56. The lowest BCUT2D eigenvalue weighted by Gasteiger charge is -2.24. The molecule has 0 spiro atoms. The van der Waals surface area contributed by atoms with Crippen molar-refractivity contribution in [1.29, 1.82) is 0 Å². The molecule has 0 aromatic heterocycles. The normalized spacial score (nSPS) is 10.9. The number of carboxylic acid groups (broad SMARTS) is 1. The van der Waals surface area contributed by atoms with Crippen molar-refractivity contribution in [2.75, 3.05) is 27.9 Å². The monoisotopic (exact) mass is 555 g/mol. The maximum Gasteiger partial charge on any atom is 0.339 e. The van der Waals surface area contributed by atoms with Crippen molar-refractivity contribution in [2.24, 2.45) is 0 Å². The summed E-state index contributed by atoms with van der Waals surface area (Å²) in [6, 6.07) is 27.3. The molecule has 0 amide bonds. The second-order valence-electron chi connectivity index (χ2n) is 9.88. The minimum absolute atomic E-state index is 0.134. The average Bonchev–Trinajstić information content (AvgIpc) is 2.98. The Morgan fingerprint density at radius 2 is 1.39 bits per heavy atom. The van der Waals surface area contributed by atoms with E-state index in [1.807, 2.05) is 49.4 Å². The van der Waals surface area contributed by atoms with Crippen LogP contribution in [0, 0.1) is 6.92 Å².